The second-order valence-corrected chi connectivity index (χ2v) is 6.25. The summed E-state index contributed by atoms with van der Waals surface area (Å²) in [5.74, 6) is -0.905. The summed E-state index contributed by atoms with van der Waals surface area (Å²) in [7, 11) is -3.43. The molecule has 0 bridgehead atoms. The Bertz CT molecular complexity index is 633. The van der Waals surface area contributed by atoms with Crippen LogP contribution in [0.3, 0.4) is 0 Å². The lowest BCUT2D eigenvalue weighted by Crippen LogP contribution is -2.26. The molecule has 0 spiro atoms. The van der Waals surface area contributed by atoms with Crippen LogP contribution in [0.1, 0.15) is 18.4 Å². The van der Waals surface area contributed by atoms with Crippen LogP contribution < -0.4 is 9.46 Å². The van der Waals surface area contributed by atoms with E-state index in [-0.39, 0.29) is 0 Å². The van der Waals surface area contributed by atoms with Crippen molar-refractivity contribution >= 4 is 21.7 Å². The van der Waals surface area contributed by atoms with Crippen molar-refractivity contribution < 1.29 is 23.1 Å². The van der Waals surface area contributed by atoms with Crippen LogP contribution in [0.4, 0.5) is 5.69 Å². The van der Waals surface area contributed by atoms with Crippen LogP contribution in [0.2, 0.25) is 0 Å². The molecule has 2 aliphatic rings. The van der Waals surface area contributed by atoms with Crippen molar-refractivity contribution in [1.29, 1.82) is 0 Å². The van der Waals surface area contributed by atoms with Crippen LogP contribution in [-0.2, 0) is 20.2 Å². The molecule has 2 N–H and O–H groups in total. The topological polar surface area (TPSA) is 92.7 Å². The van der Waals surface area contributed by atoms with Gasteiger partial charge < -0.3 is 9.84 Å². The molecule has 1 heterocycles. The third kappa shape index (κ3) is 1.62. The summed E-state index contributed by atoms with van der Waals surface area (Å²) >= 11 is 0. The molecule has 0 radical (unpaired) electrons. The Balaban J connectivity index is 2.01. The number of sulfonamides is 1. The standard InChI is InChI=1S/C11H11NO5S/c13-10(14)11(3-4-11)7-1-2-8-9(5-7)17-6-18(15,16)12-8/h1-2,5,12H,3-4,6H2,(H,13,14). The zero-order chi connectivity index (χ0) is 13.0. The average Bonchev–Trinajstić information content (AvgIpc) is 3.08. The third-order valence-corrected chi connectivity index (χ3v) is 4.29. The van der Waals surface area contributed by atoms with Gasteiger partial charge in [0.1, 0.15) is 5.75 Å². The number of ether oxygens (including phenoxy) is 1. The van der Waals surface area contributed by atoms with Crippen molar-refractivity contribution in [2.45, 2.75) is 18.3 Å². The van der Waals surface area contributed by atoms with E-state index in [9.17, 15) is 18.3 Å². The van der Waals surface area contributed by atoms with Gasteiger partial charge in [0.15, 0.2) is 0 Å². The number of benzene rings is 1. The molecule has 18 heavy (non-hydrogen) atoms. The molecule has 0 aromatic heterocycles. The van der Waals surface area contributed by atoms with Gasteiger partial charge in [0.2, 0.25) is 5.94 Å². The molecule has 1 aliphatic heterocycles. The van der Waals surface area contributed by atoms with Gasteiger partial charge in [-0.25, -0.2) is 8.42 Å². The fourth-order valence-electron chi connectivity index (χ4n) is 2.11. The molecule has 0 saturated heterocycles. The Morgan fingerprint density at radius 3 is 2.72 bits per heavy atom. The van der Waals surface area contributed by atoms with Crippen molar-refractivity contribution in [3.63, 3.8) is 0 Å². The molecule has 0 unspecified atom stereocenters. The summed E-state index contributed by atoms with van der Waals surface area (Å²) in [6, 6.07) is 4.79. The molecule has 1 aromatic carbocycles. The molecule has 96 valence electrons. The first-order valence-corrected chi connectivity index (χ1v) is 7.09. The minimum absolute atomic E-state index is 0.353. The SMILES string of the molecule is O=C(O)C1(c2ccc3c(c2)OCS(=O)(=O)N3)CC1. The minimum Gasteiger partial charge on any atom is -0.481 e. The van der Waals surface area contributed by atoms with Crippen LogP contribution in [0.5, 0.6) is 5.75 Å². The smallest absolute Gasteiger partial charge is 0.314 e. The lowest BCUT2D eigenvalue weighted by atomic mass is 9.95. The van der Waals surface area contributed by atoms with Gasteiger partial charge in [-0.3, -0.25) is 9.52 Å². The summed E-state index contributed by atoms with van der Waals surface area (Å²) in [6.45, 7) is 0. The fourth-order valence-corrected chi connectivity index (χ4v) is 2.96. The van der Waals surface area contributed by atoms with Crippen LogP contribution in [0, 0.1) is 0 Å². The summed E-state index contributed by atoms with van der Waals surface area (Å²) in [4.78, 5) is 11.2. The normalized spacial score (nSPS) is 22.2. The van der Waals surface area contributed by atoms with E-state index >= 15 is 0 Å². The van der Waals surface area contributed by atoms with Crippen molar-refractivity contribution in [2.24, 2.45) is 0 Å². The van der Waals surface area contributed by atoms with Gasteiger partial charge in [0.25, 0.3) is 10.0 Å². The number of carbonyl (C=O) groups is 1. The third-order valence-electron chi connectivity index (χ3n) is 3.33. The number of fused-ring (bicyclic) bond motifs is 1. The second-order valence-electron chi connectivity index (χ2n) is 4.58. The lowest BCUT2D eigenvalue weighted by molar-refractivity contribution is -0.140. The maximum absolute atomic E-state index is 11.3. The Kier molecular flexibility index (Phi) is 2.13. The second kappa shape index (κ2) is 3.38. The van der Waals surface area contributed by atoms with Gasteiger partial charge in [-0.15, -0.1) is 0 Å². The minimum atomic E-state index is -3.43. The molecule has 0 amide bonds. The molecule has 1 aromatic rings. The van der Waals surface area contributed by atoms with Gasteiger partial charge in [-0.1, -0.05) is 6.07 Å². The van der Waals surface area contributed by atoms with Crippen molar-refractivity contribution in [2.75, 3.05) is 10.7 Å². The van der Waals surface area contributed by atoms with E-state index in [1.165, 1.54) is 0 Å². The maximum Gasteiger partial charge on any atom is 0.314 e. The van der Waals surface area contributed by atoms with E-state index in [0.717, 1.165) is 0 Å². The highest BCUT2D eigenvalue weighted by Gasteiger charge is 2.52. The van der Waals surface area contributed by atoms with Gasteiger partial charge in [-0.2, -0.15) is 0 Å². The Labute approximate surface area is 104 Å². The van der Waals surface area contributed by atoms with Crippen molar-refractivity contribution in [3.05, 3.63) is 23.8 Å². The van der Waals surface area contributed by atoms with Crippen LogP contribution in [0.25, 0.3) is 0 Å². The quantitative estimate of drug-likeness (QED) is 0.832. The molecule has 7 heteroatoms. The van der Waals surface area contributed by atoms with Crippen molar-refractivity contribution in [3.8, 4) is 5.75 Å². The molecule has 1 fully saturated rings. The number of nitrogens with one attached hydrogen (secondary N) is 1. The van der Waals surface area contributed by atoms with E-state index in [4.69, 9.17) is 4.74 Å². The van der Waals surface area contributed by atoms with Crippen LogP contribution in [0.15, 0.2) is 18.2 Å². The van der Waals surface area contributed by atoms with Crippen LogP contribution in [-0.4, -0.2) is 25.4 Å². The lowest BCUT2D eigenvalue weighted by Gasteiger charge is -2.21. The zero-order valence-electron chi connectivity index (χ0n) is 9.34. The molecule has 0 atom stereocenters. The van der Waals surface area contributed by atoms with E-state index in [2.05, 4.69) is 4.72 Å². The number of hydrogen-bond acceptors (Lipinski definition) is 4. The monoisotopic (exact) mass is 269 g/mol. The van der Waals surface area contributed by atoms with E-state index in [1.807, 2.05) is 0 Å². The van der Waals surface area contributed by atoms with Gasteiger partial charge in [0.05, 0.1) is 11.1 Å². The van der Waals surface area contributed by atoms with Gasteiger partial charge in [0, 0.05) is 0 Å². The molecular formula is C11H11NO5S. The van der Waals surface area contributed by atoms with Gasteiger partial charge in [-0.05, 0) is 30.5 Å². The highest BCUT2D eigenvalue weighted by Crippen LogP contribution is 2.50. The maximum atomic E-state index is 11.3. The summed E-state index contributed by atoms with van der Waals surface area (Å²) in [5.41, 5.74) is 0.204. The predicted octanol–water partition coefficient (Wildman–Crippen LogP) is 0.894. The first-order chi connectivity index (χ1) is 8.43. The molecular weight excluding hydrogens is 258 g/mol. The highest BCUT2D eigenvalue weighted by atomic mass is 32.2. The van der Waals surface area contributed by atoms with Crippen molar-refractivity contribution in [1.82, 2.24) is 0 Å². The zero-order valence-corrected chi connectivity index (χ0v) is 10.2. The summed E-state index contributed by atoms with van der Waals surface area (Å²) in [6.07, 6.45) is 1.21. The number of carboxylic acids is 1. The average molecular weight is 269 g/mol. The summed E-state index contributed by atoms with van der Waals surface area (Å²) < 4.78 is 30.1. The number of rotatable bonds is 2. The molecule has 1 aliphatic carbocycles. The Morgan fingerprint density at radius 1 is 1.39 bits per heavy atom. The van der Waals surface area contributed by atoms with Crippen LogP contribution >= 0.6 is 0 Å². The van der Waals surface area contributed by atoms with E-state index in [1.54, 1.807) is 18.2 Å². The van der Waals surface area contributed by atoms with E-state index < -0.39 is 27.3 Å². The molecule has 3 rings (SSSR count). The highest BCUT2D eigenvalue weighted by molar-refractivity contribution is 7.92. The van der Waals surface area contributed by atoms with Gasteiger partial charge >= 0.3 is 5.97 Å². The number of aliphatic carboxylic acids is 1. The van der Waals surface area contributed by atoms with E-state index in [0.29, 0.717) is 29.8 Å². The first-order valence-electron chi connectivity index (χ1n) is 5.44. The molecule has 1 saturated carbocycles. The Morgan fingerprint density at radius 2 is 2.11 bits per heavy atom. The number of carboxylic acid groups (broad SMARTS) is 1. The fraction of sp³-hybridized carbons (Fsp3) is 0.364. The predicted molar refractivity (Wildman–Crippen MR) is 63.0 cm³/mol. The number of hydrogen-bond donors (Lipinski definition) is 2. The first kappa shape index (κ1) is 11.3. The summed E-state index contributed by atoms with van der Waals surface area (Å²) in [5, 5.41) is 9.19. The Hall–Kier alpha value is -1.76. The number of anilines is 1. The largest absolute Gasteiger partial charge is 0.481 e. The molecule has 6 nitrogen and oxygen atoms in total.